The zero-order valence-corrected chi connectivity index (χ0v) is 17.0. The number of methoxy groups -OCH3 is 1. The highest BCUT2D eigenvalue weighted by Gasteiger charge is 2.47. The molecule has 0 unspecified atom stereocenters. The molecule has 1 aromatic heterocycles. The van der Waals surface area contributed by atoms with Crippen molar-refractivity contribution in [1.29, 1.82) is 0 Å². The Labute approximate surface area is 169 Å². The molecule has 4 rings (SSSR count). The first-order valence-corrected chi connectivity index (χ1v) is 10.9. The summed E-state index contributed by atoms with van der Waals surface area (Å²) < 4.78 is 4.75. The van der Waals surface area contributed by atoms with Gasteiger partial charge in [-0.2, -0.15) is 0 Å². The van der Waals surface area contributed by atoms with Crippen LogP contribution in [-0.4, -0.2) is 34.9 Å². The molecule has 0 bridgehead atoms. The van der Waals surface area contributed by atoms with Gasteiger partial charge in [-0.25, -0.2) is 9.78 Å². The highest BCUT2D eigenvalue weighted by Crippen LogP contribution is 2.49. The molecule has 0 saturated heterocycles. The SMILES string of the molecule is COC(=O)c1csc(CN(C(=O)[C@H]2C[C@H]2c2ccccc2)C2CCCCC2)n1. The maximum atomic E-state index is 13.4. The van der Waals surface area contributed by atoms with Gasteiger partial charge in [0.25, 0.3) is 0 Å². The predicted molar refractivity (Wildman–Crippen MR) is 108 cm³/mol. The summed E-state index contributed by atoms with van der Waals surface area (Å²) in [5.74, 6) is 0.228. The number of esters is 1. The van der Waals surface area contributed by atoms with E-state index < -0.39 is 5.97 Å². The van der Waals surface area contributed by atoms with Gasteiger partial charge in [0.2, 0.25) is 5.91 Å². The van der Waals surface area contributed by atoms with E-state index >= 15 is 0 Å². The van der Waals surface area contributed by atoms with Crippen molar-refractivity contribution in [2.75, 3.05) is 7.11 Å². The Morgan fingerprint density at radius 1 is 1.18 bits per heavy atom. The standard InChI is InChI=1S/C22H26N2O3S/c1-27-22(26)19-14-28-20(23-19)13-24(16-10-6-3-7-11-16)21(25)18-12-17(18)15-8-4-2-5-9-15/h2,4-5,8-9,14,16-18H,3,6-7,10-13H2,1H3/t17-,18-/m0/s1. The van der Waals surface area contributed by atoms with Gasteiger partial charge in [0, 0.05) is 17.3 Å². The molecular formula is C22H26N2O3S. The Balaban J connectivity index is 1.50. The zero-order chi connectivity index (χ0) is 19.5. The Morgan fingerprint density at radius 2 is 1.93 bits per heavy atom. The van der Waals surface area contributed by atoms with Crippen LogP contribution in [0.2, 0.25) is 0 Å². The van der Waals surface area contributed by atoms with Crippen LogP contribution in [0, 0.1) is 5.92 Å². The molecule has 1 aromatic carbocycles. The molecule has 5 nitrogen and oxygen atoms in total. The average molecular weight is 399 g/mol. The minimum absolute atomic E-state index is 0.0735. The van der Waals surface area contributed by atoms with Crippen molar-refractivity contribution in [3.8, 4) is 0 Å². The molecule has 1 heterocycles. The number of thiazole rings is 1. The summed E-state index contributed by atoms with van der Waals surface area (Å²) in [6, 6.07) is 10.6. The van der Waals surface area contributed by atoms with E-state index in [0.29, 0.717) is 18.2 Å². The highest BCUT2D eigenvalue weighted by molar-refractivity contribution is 7.09. The number of hydrogen-bond donors (Lipinski definition) is 0. The first-order valence-electron chi connectivity index (χ1n) is 10.1. The first kappa shape index (κ1) is 19.1. The summed E-state index contributed by atoms with van der Waals surface area (Å²) in [5, 5.41) is 2.52. The molecule has 1 amide bonds. The largest absolute Gasteiger partial charge is 0.464 e. The average Bonchev–Trinajstić information content (AvgIpc) is 3.42. The van der Waals surface area contributed by atoms with Gasteiger partial charge in [-0.1, -0.05) is 49.6 Å². The smallest absolute Gasteiger partial charge is 0.357 e. The summed E-state index contributed by atoms with van der Waals surface area (Å²) in [4.78, 5) is 31.6. The minimum atomic E-state index is -0.427. The lowest BCUT2D eigenvalue weighted by Gasteiger charge is -2.34. The van der Waals surface area contributed by atoms with Gasteiger partial charge in [0.05, 0.1) is 13.7 Å². The van der Waals surface area contributed by atoms with Gasteiger partial charge < -0.3 is 9.64 Å². The van der Waals surface area contributed by atoms with Crippen LogP contribution in [-0.2, 0) is 16.1 Å². The molecule has 148 valence electrons. The van der Waals surface area contributed by atoms with E-state index in [9.17, 15) is 9.59 Å². The second-order valence-electron chi connectivity index (χ2n) is 7.74. The molecule has 2 saturated carbocycles. The van der Waals surface area contributed by atoms with E-state index in [-0.39, 0.29) is 17.9 Å². The van der Waals surface area contributed by atoms with E-state index in [1.165, 1.54) is 43.3 Å². The normalized spacial score (nSPS) is 21.9. The minimum Gasteiger partial charge on any atom is -0.464 e. The van der Waals surface area contributed by atoms with Gasteiger partial charge in [0.15, 0.2) is 5.69 Å². The molecule has 2 fully saturated rings. The van der Waals surface area contributed by atoms with Crippen molar-refractivity contribution in [2.45, 2.75) is 57.0 Å². The number of rotatable bonds is 6. The fraction of sp³-hybridized carbons (Fsp3) is 0.500. The molecule has 2 aliphatic carbocycles. The fourth-order valence-corrected chi connectivity index (χ4v) is 5.02. The number of benzene rings is 1. The van der Waals surface area contributed by atoms with Crippen LogP contribution < -0.4 is 0 Å². The third-order valence-corrected chi connectivity index (χ3v) is 6.72. The van der Waals surface area contributed by atoms with Crippen LogP contribution in [0.1, 0.15) is 65.5 Å². The maximum Gasteiger partial charge on any atom is 0.357 e. The molecule has 28 heavy (non-hydrogen) atoms. The lowest BCUT2D eigenvalue weighted by molar-refractivity contribution is -0.136. The quantitative estimate of drug-likeness (QED) is 0.677. The number of carbonyl (C=O) groups excluding carboxylic acids is 2. The number of nitrogens with zero attached hydrogens (tertiary/aromatic N) is 2. The van der Waals surface area contributed by atoms with Crippen molar-refractivity contribution in [3.05, 3.63) is 52.0 Å². The van der Waals surface area contributed by atoms with Crippen molar-refractivity contribution < 1.29 is 14.3 Å². The third kappa shape index (κ3) is 4.12. The van der Waals surface area contributed by atoms with Gasteiger partial charge in [-0.15, -0.1) is 11.3 Å². The van der Waals surface area contributed by atoms with Gasteiger partial charge >= 0.3 is 5.97 Å². The Hall–Kier alpha value is -2.21. The van der Waals surface area contributed by atoms with Crippen LogP contribution in [0.4, 0.5) is 0 Å². The summed E-state index contributed by atoms with van der Waals surface area (Å²) in [6.07, 6.45) is 6.64. The number of amides is 1. The third-order valence-electron chi connectivity index (χ3n) is 5.89. The monoisotopic (exact) mass is 398 g/mol. The van der Waals surface area contributed by atoms with Gasteiger partial charge in [0.1, 0.15) is 5.01 Å². The van der Waals surface area contributed by atoms with Crippen molar-refractivity contribution in [1.82, 2.24) is 9.88 Å². The Bertz CT molecular complexity index is 829. The molecule has 0 N–H and O–H groups in total. The molecule has 2 aliphatic rings. The number of carbonyl (C=O) groups is 2. The lowest BCUT2D eigenvalue weighted by atomic mass is 9.93. The zero-order valence-electron chi connectivity index (χ0n) is 16.2. The van der Waals surface area contributed by atoms with E-state index in [2.05, 4.69) is 17.1 Å². The summed E-state index contributed by atoms with van der Waals surface area (Å²) in [7, 11) is 1.36. The van der Waals surface area contributed by atoms with Crippen LogP contribution >= 0.6 is 11.3 Å². The maximum absolute atomic E-state index is 13.4. The van der Waals surface area contributed by atoms with Crippen molar-refractivity contribution >= 4 is 23.2 Å². The molecular weight excluding hydrogens is 372 g/mol. The van der Waals surface area contributed by atoms with Crippen LogP contribution in [0.3, 0.4) is 0 Å². The topological polar surface area (TPSA) is 59.5 Å². The second kappa shape index (κ2) is 8.43. The second-order valence-corrected chi connectivity index (χ2v) is 8.68. The number of hydrogen-bond acceptors (Lipinski definition) is 5. The molecule has 2 aromatic rings. The van der Waals surface area contributed by atoms with Crippen molar-refractivity contribution in [3.63, 3.8) is 0 Å². The van der Waals surface area contributed by atoms with E-state index in [1.54, 1.807) is 5.38 Å². The van der Waals surface area contributed by atoms with Crippen LogP contribution in [0.25, 0.3) is 0 Å². The number of ether oxygens (including phenoxy) is 1. The van der Waals surface area contributed by atoms with Crippen molar-refractivity contribution in [2.24, 2.45) is 5.92 Å². The Morgan fingerprint density at radius 3 is 2.64 bits per heavy atom. The fourth-order valence-electron chi connectivity index (χ4n) is 4.26. The summed E-state index contributed by atoms with van der Waals surface area (Å²) in [6.45, 7) is 0.489. The Kier molecular flexibility index (Phi) is 5.76. The highest BCUT2D eigenvalue weighted by atomic mass is 32.1. The molecule has 0 radical (unpaired) electrons. The summed E-state index contributed by atoms with van der Waals surface area (Å²) in [5.41, 5.74) is 1.58. The molecule has 2 atom stereocenters. The first-order chi connectivity index (χ1) is 13.7. The van der Waals surface area contributed by atoms with Crippen LogP contribution in [0.15, 0.2) is 35.7 Å². The predicted octanol–water partition coefficient (Wildman–Crippen LogP) is 4.39. The van der Waals surface area contributed by atoms with Gasteiger partial charge in [-0.3, -0.25) is 4.79 Å². The molecule has 0 aliphatic heterocycles. The molecule has 0 spiro atoms. The summed E-state index contributed by atoms with van der Waals surface area (Å²) >= 11 is 1.43. The molecule has 6 heteroatoms. The van der Waals surface area contributed by atoms with Crippen LogP contribution in [0.5, 0.6) is 0 Å². The number of aromatic nitrogens is 1. The van der Waals surface area contributed by atoms with E-state index in [0.717, 1.165) is 24.3 Å². The van der Waals surface area contributed by atoms with E-state index in [1.807, 2.05) is 23.1 Å². The van der Waals surface area contributed by atoms with Gasteiger partial charge in [-0.05, 0) is 30.7 Å². The van der Waals surface area contributed by atoms with E-state index in [4.69, 9.17) is 4.74 Å². The lowest BCUT2D eigenvalue weighted by Crippen LogP contribution is -2.42.